The second-order valence-electron chi connectivity index (χ2n) is 5.77. The van der Waals surface area contributed by atoms with Gasteiger partial charge in [0.15, 0.2) is 38.4 Å². The Morgan fingerprint density at radius 1 is 0.459 bits per heavy atom. The minimum absolute atomic E-state index is 0. The number of rotatable bonds is 9. The van der Waals surface area contributed by atoms with Crippen molar-refractivity contribution >= 4 is 23.9 Å². The van der Waals surface area contributed by atoms with Crippen molar-refractivity contribution < 1.29 is 111 Å². The molecule has 8 nitrogen and oxygen atoms in total. The standard InChI is InChI=1S/C16H8F12O8.Pd/c17-13(18,19)3-33-9(29)1-7(11(31)35-5-15(23,24)25)8(12(32)36-6-16(26,27)28)2-10(30)34-4-14(20,21)22;/h3-6H2;/q-2;+2. The van der Waals surface area contributed by atoms with E-state index in [-0.39, 0.29) is 20.4 Å². The molecule has 0 amide bonds. The fourth-order valence-corrected chi connectivity index (χ4v) is 1.44. The van der Waals surface area contributed by atoms with Gasteiger partial charge in [0.25, 0.3) is 11.9 Å². The van der Waals surface area contributed by atoms with E-state index < -0.39 is 86.2 Å². The van der Waals surface area contributed by atoms with Crippen LogP contribution < -0.4 is 0 Å². The van der Waals surface area contributed by atoms with Crippen LogP contribution in [-0.4, -0.2) is 75.0 Å². The Morgan fingerprint density at radius 2 is 0.676 bits per heavy atom. The summed E-state index contributed by atoms with van der Waals surface area (Å²) < 4.78 is 161. The number of hydrogen-bond acceptors (Lipinski definition) is 8. The van der Waals surface area contributed by atoms with Crippen LogP contribution >= 0.6 is 0 Å². The molecule has 0 aliphatic carbocycles. The van der Waals surface area contributed by atoms with Crippen molar-refractivity contribution in [1.29, 1.82) is 0 Å². The fourth-order valence-electron chi connectivity index (χ4n) is 1.44. The Hall–Kier alpha value is -2.82. The molecule has 0 saturated heterocycles. The van der Waals surface area contributed by atoms with E-state index in [9.17, 15) is 71.9 Å². The van der Waals surface area contributed by atoms with E-state index in [4.69, 9.17) is 0 Å². The van der Waals surface area contributed by atoms with E-state index in [0.29, 0.717) is 0 Å². The molecule has 0 radical (unpaired) electrons. The van der Waals surface area contributed by atoms with Crippen molar-refractivity contribution in [1.82, 2.24) is 0 Å². The van der Waals surface area contributed by atoms with Crippen LogP contribution in [0.5, 0.6) is 0 Å². The molecule has 0 bridgehead atoms. The van der Waals surface area contributed by atoms with Crippen molar-refractivity contribution in [2.45, 2.75) is 24.7 Å². The number of ether oxygens (including phenoxy) is 4. The summed E-state index contributed by atoms with van der Waals surface area (Å²) in [5, 5.41) is 0. The second-order valence-corrected chi connectivity index (χ2v) is 5.77. The molecule has 21 heteroatoms. The Morgan fingerprint density at radius 3 is 0.892 bits per heavy atom. The van der Waals surface area contributed by atoms with Gasteiger partial charge in [-0.2, -0.15) is 52.7 Å². The van der Waals surface area contributed by atoms with E-state index in [0.717, 1.165) is 12.2 Å². The molecule has 0 N–H and O–H groups in total. The molecule has 0 atom stereocenters. The van der Waals surface area contributed by atoms with Crippen LogP contribution in [0.15, 0.2) is 11.1 Å². The summed E-state index contributed by atoms with van der Waals surface area (Å²) >= 11 is 0. The number of alkyl halides is 12. The molecule has 37 heavy (non-hydrogen) atoms. The van der Waals surface area contributed by atoms with Crippen molar-refractivity contribution in [3.8, 4) is 0 Å². The summed E-state index contributed by atoms with van der Waals surface area (Å²) in [6, 6.07) is 0. The van der Waals surface area contributed by atoms with Crippen LogP contribution in [0.25, 0.3) is 0 Å². The van der Waals surface area contributed by atoms with Gasteiger partial charge in [-0.1, -0.05) is 0 Å². The molecule has 0 unspecified atom stereocenters. The molecule has 0 aromatic carbocycles. The monoisotopic (exact) mass is 662 g/mol. The van der Waals surface area contributed by atoms with Gasteiger partial charge in [0.1, 0.15) is 0 Å². The van der Waals surface area contributed by atoms with Crippen molar-refractivity contribution in [3.63, 3.8) is 0 Å². The van der Waals surface area contributed by atoms with Crippen molar-refractivity contribution in [2.75, 3.05) is 26.4 Å². The zero-order chi connectivity index (χ0) is 28.5. The summed E-state index contributed by atoms with van der Waals surface area (Å²) in [5.41, 5.74) is -4.27. The Bertz CT molecular complexity index is 812. The van der Waals surface area contributed by atoms with Crippen LogP contribution in [0.3, 0.4) is 0 Å². The molecule has 0 aromatic heterocycles. The third-order valence-electron chi connectivity index (χ3n) is 2.58. The van der Waals surface area contributed by atoms with Crippen LogP contribution in [0.1, 0.15) is 0 Å². The SMILES string of the molecule is O=C([C-]=C(C(=O)OCC(F)(F)F)C(=[C-]C(=O)OCC(F)(F)F)C(=O)OCC(F)(F)F)OCC(F)(F)F.[Pd+2]. The van der Waals surface area contributed by atoms with Gasteiger partial charge in [0.05, 0.1) is 0 Å². The van der Waals surface area contributed by atoms with Gasteiger partial charge < -0.3 is 28.5 Å². The van der Waals surface area contributed by atoms with Crippen LogP contribution in [0, 0.1) is 12.2 Å². The second kappa shape index (κ2) is 14.2. The van der Waals surface area contributed by atoms with E-state index in [1.54, 1.807) is 0 Å². The third kappa shape index (κ3) is 19.0. The van der Waals surface area contributed by atoms with Crippen LogP contribution in [0.4, 0.5) is 52.7 Å². The Labute approximate surface area is 210 Å². The summed E-state index contributed by atoms with van der Waals surface area (Å²) in [6.45, 7) is -9.90. The molecule has 0 aliphatic heterocycles. The molecule has 0 aliphatic rings. The molecular formula is C16H8F12O8Pd. The first-order chi connectivity index (χ1) is 16.0. The maximum Gasteiger partial charge on any atom is 2.00 e. The van der Waals surface area contributed by atoms with Gasteiger partial charge >= 0.3 is 45.1 Å². The largest absolute Gasteiger partial charge is 2.00 e. The zero-order valence-electron chi connectivity index (χ0n) is 16.9. The zero-order valence-corrected chi connectivity index (χ0v) is 18.5. The van der Waals surface area contributed by atoms with E-state index in [1.165, 1.54) is 0 Å². The molecule has 0 heterocycles. The molecule has 214 valence electrons. The average molecular weight is 663 g/mol. The van der Waals surface area contributed by atoms with Crippen molar-refractivity contribution in [3.05, 3.63) is 23.3 Å². The van der Waals surface area contributed by atoms with E-state index in [1.807, 2.05) is 0 Å². The summed E-state index contributed by atoms with van der Waals surface area (Å²) in [6.07, 6.45) is -19.3. The quantitative estimate of drug-likeness (QED) is 0.0707. The minimum atomic E-state index is -5.33. The maximum absolute atomic E-state index is 12.3. The predicted molar refractivity (Wildman–Crippen MR) is 81.6 cm³/mol. The normalized spacial score (nSPS) is 13.3. The van der Waals surface area contributed by atoms with Gasteiger partial charge in [-0.15, -0.1) is 12.2 Å². The van der Waals surface area contributed by atoms with Crippen LogP contribution in [0.2, 0.25) is 0 Å². The Balaban J connectivity index is 0. The maximum atomic E-state index is 12.3. The van der Waals surface area contributed by atoms with Gasteiger partial charge in [-0.3, -0.25) is 9.59 Å². The summed E-state index contributed by atoms with van der Waals surface area (Å²) in [7, 11) is 0. The first-order valence-corrected chi connectivity index (χ1v) is 8.22. The number of hydrogen-bond donors (Lipinski definition) is 0. The summed E-state index contributed by atoms with van der Waals surface area (Å²) in [5.74, 6) is -9.91. The topological polar surface area (TPSA) is 105 Å². The number of carbonyl (C=O) groups excluding carboxylic acids is 4. The smallest absolute Gasteiger partial charge is 0.518 e. The van der Waals surface area contributed by atoms with Gasteiger partial charge in [0.2, 0.25) is 0 Å². The molecule has 0 aromatic rings. The predicted octanol–water partition coefficient (Wildman–Crippen LogP) is 2.87. The minimum Gasteiger partial charge on any atom is -0.518 e. The molecule has 0 fully saturated rings. The average Bonchev–Trinajstić information content (AvgIpc) is 2.67. The molecule has 0 spiro atoms. The number of carbonyl (C=O) groups is 4. The van der Waals surface area contributed by atoms with Gasteiger partial charge in [-0.25, -0.2) is 11.1 Å². The van der Waals surface area contributed by atoms with E-state index in [2.05, 4.69) is 18.9 Å². The summed E-state index contributed by atoms with van der Waals surface area (Å²) in [4.78, 5) is 46.7. The van der Waals surface area contributed by atoms with Crippen molar-refractivity contribution in [2.24, 2.45) is 0 Å². The molecule has 0 rings (SSSR count). The molecule has 0 saturated carbocycles. The van der Waals surface area contributed by atoms with Gasteiger partial charge in [-0.05, 0) is 0 Å². The first-order valence-electron chi connectivity index (χ1n) is 8.22. The third-order valence-corrected chi connectivity index (χ3v) is 2.58. The van der Waals surface area contributed by atoms with Crippen LogP contribution in [-0.2, 0) is 58.5 Å². The Kier molecular flexibility index (Phi) is 14.0. The molecular weight excluding hydrogens is 655 g/mol. The first kappa shape index (κ1) is 36.3. The van der Waals surface area contributed by atoms with E-state index >= 15 is 0 Å². The number of esters is 4. The number of halogens is 12. The fraction of sp³-hybridized carbons (Fsp3) is 0.500. The van der Waals surface area contributed by atoms with Gasteiger partial charge in [0, 0.05) is 0 Å².